The summed E-state index contributed by atoms with van der Waals surface area (Å²) in [5.74, 6) is -0.286. The number of nitrogens with one attached hydrogen (secondary N) is 1. The van der Waals surface area contributed by atoms with Crippen LogP contribution in [-0.4, -0.2) is 117 Å². The van der Waals surface area contributed by atoms with Crippen molar-refractivity contribution < 1.29 is 71.7 Å². The molecule has 220 valence electrons. The summed E-state index contributed by atoms with van der Waals surface area (Å²) in [5.41, 5.74) is 4.51. The first-order valence-corrected chi connectivity index (χ1v) is 13.8. The van der Waals surface area contributed by atoms with Crippen LogP contribution >= 0.6 is 15.6 Å². The molecule has 10 N–H and O–H groups in total. The van der Waals surface area contributed by atoms with Gasteiger partial charge in [0.25, 0.3) is 5.56 Å². The standard InChI is InChI=1S/C16H24FN5O15P2/c17-6-10(26)8(24)4(1-23)35-15(6)36-39(31,32)37-38(29,30)33-2-5-9(25)11(27)14(34-5)22-3-19-7-12(22)20-16(18)21-13(7)28/h3-6,8-11,14-15,23-27H,1-2H2,(H,29,30)(H,31,32)(H3,18,20,21,28)/t4-,5-,6-,8-,9-,10-,11-,14-,15-/m1/s1. The Hall–Kier alpha value is -1.94. The third-order valence-electron chi connectivity index (χ3n) is 5.71. The SMILES string of the molecule is Nc1nc2c(ncn2[C@@H]2O[C@H](COP(=O)(O)OP(=O)(O)O[C@H]3O[C@H](CO)[C@@H](O)[C@H](O)[C@H]3F)[C@@H](O)[C@H]2O)c(=O)[nH]1. The number of imidazole rings is 1. The zero-order valence-electron chi connectivity index (χ0n) is 19.3. The van der Waals surface area contributed by atoms with Crippen LogP contribution in [0.4, 0.5) is 10.3 Å². The maximum absolute atomic E-state index is 14.2. The maximum atomic E-state index is 14.2. The molecule has 0 amide bonds. The molecule has 0 spiro atoms. The first-order chi connectivity index (χ1) is 18.1. The molecule has 0 radical (unpaired) electrons. The number of rotatable bonds is 9. The Labute approximate surface area is 215 Å². The Morgan fingerprint density at radius 1 is 1.08 bits per heavy atom. The number of aromatic nitrogens is 4. The van der Waals surface area contributed by atoms with Gasteiger partial charge in [-0.3, -0.25) is 23.4 Å². The Kier molecular flexibility index (Phi) is 8.58. The van der Waals surface area contributed by atoms with Gasteiger partial charge >= 0.3 is 15.6 Å². The smallest absolute Gasteiger partial charge is 0.394 e. The van der Waals surface area contributed by atoms with Crippen LogP contribution in [0.15, 0.2) is 11.1 Å². The van der Waals surface area contributed by atoms with Crippen molar-refractivity contribution in [3.05, 3.63) is 16.7 Å². The largest absolute Gasteiger partial charge is 0.483 e. The highest BCUT2D eigenvalue weighted by molar-refractivity contribution is 7.61. The molecular formula is C16H24FN5O15P2. The quantitative estimate of drug-likeness (QED) is 0.124. The fourth-order valence-electron chi connectivity index (χ4n) is 3.83. The van der Waals surface area contributed by atoms with E-state index < -0.39 is 89.7 Å². The second-order valence-electron chi connectivity index (χ2n) is 8.39. The number of H-pyrrole nitrogens is 1. The Bertz CT molecular complexity index is 1340. The van der Waals surface area contributed by atoms with Gasteiger partial charge in [-0.1, -0.05) is 0 Å². The molecule has 2 unspecified atom stereocenters. The van der Waals surface area contributed by atoms with Gasteiger partial charge in [-0.25, -0.2) is 18.5 Å². The minimum atomic E-state index is -5.68. The summed E-state index contributed by atoms with van der Waals surface area (Å²) < 4.78 is 62.8. The van der Waals surface area contributed by atoms with Crippen LogP contribution in [0.2, 0.25) is 0 Å². The fourth-order valence-corrected chi connectivity index (χ4v) is 5.98. The lowest BCUT2D eigenvalue weighted by Crippen LogP contribution is -2.57. The number of hydrogen-bond donors (Lipinski definition) is 9. The molecule has 4 rings (SSSR count). The number of phosphoric acid groups is 2. The van der Waals surface area contributed by atoms with Crippen molar-refractivity contribution in [3.63, 3.8) is 0 Å². The summed E-state index contributed by atoms with van der Waals surface area (Å²) in [6, 6.07) is 0. The van der Waals surface area contributed by atoms with Crippen LogP contribution in [-0.2, 0) is 32.0 Å². The van der Waals surface area contributed by atoms with Crippen molar-refractivity contribution in [2.75, 3.05) is 18.9 Å². The minimum absolute atomic E-state index is 0.124. The summed E-state index contributed by atoms with van der Waals surface area (Å²) in [6.07, 6.45) is -16.2. The topological polar surface area (TPSA) is 311 Å². The maximum Gasteiger partial charge on any atom is 0.483 e. The van der Waals surface area contributed by atoms with Gasteiger partial charge in [-0.05, 0) is 0 Å². The van der Waals surface area contributed by atoms with Crippen LogP contribution in [0, 0.1) is 0 Å². The molecule has 39 heavy (non-hydrogen) atoms. The molecule has 2 fully saturated rings. The van der Waals surface area contributed by atoms with E-state index in [2.05, 4.69) is 28.3 Å². The van der Waals surface area contributed by atoms with Crippen LogP contribution in [0.3, 0.4) is 0 Å². The molecule has 2 aliphatic rings. The second kappa shape index (κ2) is 11.1. The number of alkyl halides is 1. The highest BCUT2D eigenvalue weighted by Gasteiger charge is 2.50. The molecule has 23 heteroatoms. The van der Waals surface area contributed by atoms with E-state index >= 15 is 0 Å². The normalized spacial score (nSPS) is 36.6. The van der Waals surface area contributed by atoms with Gasteiger partial charge in [0, 0.05) is 0 Å². The lowest BCUT2D eigenvalue weighted by molar-refractivity contribution is -0.265. The highest BCUT2D eigenvalue weighted by Crippen LogP contribution is 2.61. The Morgan fingerprint density at radius 3 is 2.41 bits per heavy atom. The third-order valence-corrected chi connectivity index (χ3v) is 8.31. The summed E-state index contributed by atoms with van der Waals surface area (Å²) in [7, 11) is -11.2. The number of halogens is 1. The van der Waals surface area contributed by atoms with E-state index in [0.29, 0.717) is 0 Å². The summed E-state index contributed by atoms with van der Waals surface area (Å²) >= 11 is 0. The number of nitrogens with two attached hydrogens (primary N) is 1. The van der Waals surface area contributed by atoms with E-state index in [9.17, 15) is 48.5 Å². The lowest BCUT2D eigenvalue weighted by atomic mass is 10.0. The predicted molar refractivity (Wildman–Crippen MR) is 119 cm³/mol. The zero-order valence-corrected chi connectivity index (χ0v) is 21.1. The first-order valence-electron chi connectivity index (χ1n) is 10.8. The van der Waals surface area contributed by atoms with E-state index in [1.54, 1.807) is 0 Å². The molecule has 20 nitrogen and oxygen atoms in total. The number of aromatic amines is 1. The Balaban J connectivity index is 1.39. The van der Waals surface area contributed by atoms with Crippen molar-refractivity contribution >= 4 is 32.8 Å². The van der Waals surface area contributed by atoms with Crippen molar-refractivity contribution in [3.8, 4) is 0 Å². The summed E-state index contributed by atoms with van der Waals surface area (Å²) in [4.78, 5) is 41.5. The molecule has 0 aliphatic carbocycles. The van der Waals surface area contributed by atoms with Crippen LogP contribution in [0.25, 0.3) is 11.2 Å². The van der Waals surface area contributed by atoms with Gasteiger partial charge in [0.1, 0.15) is 36.6 Å². The zero-order chi connectivity index (χ0) is 28.9. The average molecular weight is 607 g/mol. The van der Waals surface area contributed by atoms with E-state index in [-0.39, 0.29) is 17.1 Å². The molecule has 4 heterocycles. The fraction of sp³-hybridized carbons (Fsp3) is 0.688. The number of hydrogen-bond acceptors (Lipinski definition) is 16. The Morgan fingerprint density at radius 2 is 1.74 bits per heavy atom. The van der Waals surface area contributed by atoms with Gasteiger partial charge < -0.3 is 50.5 Å². The molecule has 0 bridgehead atoms. The second-order valence-corrected chi connectivity index (χ2v) is 11.4. The summed E-state index contributed by atoms with van der Waals surface area (Å²) in [6.45, 7) is -1.97. The number of fused-ring (bicyclic) bond motifs is 1. The van der Waals surface area contributed by atoms with Crippen molar-refractivity contribution in [2.24, 2.45) is 0 Å². The van der Waals surface area contributed by atoms with Gasteiger partial charge in [0.15, 0.2) is 23.6 Å². The average Bonchev–Trinajstić information content (AvgIpc) is 3.38. The van der Waals surface area contributed by atoms with E-state index in [0.717, 1.165) is 10.9 Å². The van der Waals surface area contributed by atoms with E-state index in [4.69, 9.17) is 20.3 Å². The number of phosphoric ester groups is 2. The number of ether oxygens (including phenoxy) is 2. The molecule has 0 saturated carbocycles. The predicted octanol–water partition coefficient (Wildman–Crippen LogP) is -3.65. The minimum Gasteiger partial charge on any atom is -0.394 e. The van der Waals surface area contributed by atoms with Crippen LogP contribution in [0.5, 0.6) is 0 Å². The molecule has 11 atom stereocenters. The van der Waals surface area contributed by atoms with Gasteiger partial charge in [-0.2, -0.15) is 9.29 Å². The summed E-state index contributed by atoms with van der Waals surface area (Å²) in [5, 5.41) is 49.1. The van der Waals surface area contributed by atoms with E-state index in [1.165, 1.54) is 0 Å². The van der Waals surface area contributed by atoms with Gasteiger partial charge in [-0.15, -0.1) is 0 Å². The van der Waals surface area contributed by atoms with Gasteiger partial charge in [0.05, 0.1) is 19.5 Å². The third kappa shape index (κ3) is 6.21. The number of aliphatic hydroxyl groups is 5. The number of nitrogen functional groups attached to an aromatic ring is 1. The molecular weight excluding hydrogens is 583 g/mol. The monoisotopic (exact) mass is 607 g/mol. The number of aliphatic hydroxyl groups excluding tert-OH is 5. The van der Waals surface area contributed by atoms with Crippen molar-refractivity contribution in [1.82, 2.24) is 19.5 Å². The van der Waals surface area contributed by atoms with Crippen LogP contribution < -0.4 is 11.3 Å². The van der Waals surface area contributed by atoms with Crippen molar-refractivity contribution in [1.29, 1.82) is 0 Å². The lowest BCUT2D eigenvalue weighted by Gasteiger charge is -2.38. The first kappa shape index (κ1) is 30.0. The van der Waals surface area contributed by atoms with Crippen molar-refractivity contribution in [2.45, 2.75) is 55.3 Å². The molecule has 2 saturated heterocycles. The number of nitrogens with zero attached hydrogens (tertiary/aromatic N) is 3. The highest BCUT2D eigenvalue weighted by atomic mass is 31.3. The number of anilines is 1. The molecule has 2 aromatic heterocycles. The van der Waals surface area contributed by atoms with E-state index in [1.807, 2.05) is 0 Å². The molecule has 0 aromatic carbocycles. The van der Waals surface area contributed by atoms with Gasteiger partial charge in [0.2, 0.25) is 12.2 Å². The molecule has 2 aliphatic heterocycles. The van der Waals surface area contributed by atoms with Crippen LogP contribution in [0.1, 0.15) is 6.23 Å². The molecule has 2 aromatic rings.